The van der Waals surface area contributed by atoms with Crippen LogP contribution in [0.25, 0.3) is 10.9 Å². The zero-order valence-corrected chi connectivity index (χ0v) is 20.8. The molecule has 0 amide bonds. The monoisotopic (exact) mass is 570 g/mol. The molecule has 0 bridgehead atoms. The van der Waals surface area contributed by atoms with E-state index < -0.39 is 44.9 Å². The fourth-order valence-electron chi connectivity index (χ4n) is 3.79. The van der Waals surface area contributed by atoms with Crippen LogP contribution >= 0.6 is 15.9 Å². The van der Waals surface area contributed by atoms with E-state index in [0.717, 1.165) is 6.07 Å². The lowest BCUT2D eigenvalue weighted by Crippen LogP contribution is -2.12. The first-order valence-electron chi connectivity index (χ1n) is 10.2. The number of aromatic hydroxyl groups is 1. The van der Waals surface area contributed by atoms with Crippen LogP contribution in [0.4, 0.5) is 13.2 Å². The number of halogens is 4. The summed E-state index contributed by atoms with van der Waals surface area (Å²) in [5.74, 6) is -6.02. The maximum absolute atomic E-state index is 14.3. The zero-order valence-electron chi connectivity index (χ0n) is 18.4. The number of aryl methyl sites for hydroxylation is 1. The molecule has 35 heavy (non-hydrogen) atoms. The van der Waals surface area contributed by atoms with Crippen molar-refractivity contribution in [2.24, 2.45) is 7.05 Å². The highest BCUT2D eigenvalue weighted by molar-refractivity contribution is 9.10. The van der Waals surface area contributed by atoms with Crippen molar-refractivity contribution in [2.75, 3.05) is 6.61 Å². The Morgan fingerprint density at radius 3 is 2.66 bits per heavy atom. The van der Waals surface area contributed by atoms with Crippen LogP contribution < -0.4 is 0 Å². The van der Waals surface area contributed by atoms with Gasteiger partial charge in [-0.15, -0.1) is 0 Å². The SMILES string of the molecule is CCOC(=O)c1c(CS(=O)c2ccc(F)c(F)c2F)n(C)c2cc(Br)c(O)c(Cn3cncn3)c12. The van der Waals surface area contributed by atoms with Crippen LogP contribution in [0.1, 0.15) is 28.5 Å². The summed E-state index contributed by atoms with van der Waals surface area (Å²) in [6, 6.07) is 3.16. The predicted octanol–water partition coefficient (Wildman–Crippen LogP) is 4.19. The second-order valence-electron chi connectivity index (χ2n) is 7.44. The largest absolute Gasteiger partial charge is 0.506 e. The number of phenolic OH excluding ortho intramolecular Hbond substituents is 1. The molecule has 4 aromatic rings. The highest BCUT2D eigenvalue weighted by Gasteiger charge is 2.29. The van der Waals surface area contributed by atoms with Gasteiger partial charge in [-0.05, 0) is 41.1 Å². The molecule has 0 saturated heterocycles. The third-order valence-corrected chi connectivity index (χ3v) is 7.36. The Labute approximate surface area is 207 Å². The van der Waals surface area contributed by atoms with Crippen LogP contribution in [0.2, 0.25) is 0 Å². The summed E-state index contributed by atoms with van der Waals surface area (Å²) in [5.41, 5.74) is 0.997. The second kappa shape index (κ2) is 9.82. The normalized spacial score (nSPS) is 12.3. The maximum atomic E-state index is 14.3. The summed E-state index contributed by atoms with van der Waals surface area (Å²) in [4.78, 5) is 16.4. The van der Waals surface area contributed by atoms with Gasteiger partial charge >= 0.3 is 5.97 Å². The maximum Gasteiger partial charge on any atom is 0.340 e. The Balaban J connectivity index is 1.94. The van der Waals surface area contributed by atoms with Gasteiger partial charge in [-0.2, -0.15) is 5.10 Å². The molecule has 0 fully saturated rings. The lowest BCUT2D eigenvalue weighted by atomic mass is 10.0. The van der Waals surface area contributed by atoms with Crippen molar-refractivity contribution >= 4 is 43.6 Å². The van der Waals surface area contributed by atoms with Crippen molar-refractivity contribution in [2.45, 2.75) is 24.1 Å². The topological polar surface area (TPSA) is 99.2 Å². The van der Waals surface area contributed by atoms with E-state index in [4.69, 9.17) is 4.74 Å². The van der Waals surface area contributed by atoms with E-state index in [9.17, 15) is 27.3 Å². The van der Waals surface area contributed by atoms with Crippen molar-refractivity contribution in [1.82, 2.24) is 19.3 Å². The molecular formula is C22H18BrF3N4O4S. The third kappa shape index (κ3) is 4.45. The van der Waals surface area contributed by atoms with Gasteiger partial charge in [0.2, 0.25) is 0 Å². The predicted molar refractivity (Wildman–Crippen MR) is 124 cm³/mol. The number of carbonyl (C=O) groups excluding carboxylic acids is 1. The molecule has 2 heterocycles. The van der Waals surface area contributed by atoms with E-state index >= 15 is 0 Å². The Kier molecular flexibility index (Phi) is 6.99. The van der Waals surface area contributed by atoms with E-state index in [2.05, 4.69) is 26.0 Å². The number of nitrogens with zero attached hydrogens (tertiary/aromatic N) is 4. The van der Waals surface area contributed by atoms with E-state index in [0.29, 0.717) is 27.0 Å². The number of aromatic nitrogens is 4. The number of hydrogen-bond acceptors (Lipinski definition) is 6. The van der Waals surface area contributed by atoms with Gasteiger partial charge in [-0.25, -0.2) is 27.6 Å². The Morgan fingerprint density at radius 1 is 1.26 bits per heavy atom. The first-order valence-corrected chi connectivity index (χ1v) is 12.3. The molecule has 0 aliphatic heterocycles. The smallest absolute Gasteiger partial charge is 0.340 e. The van der Waals surface area contributed by atoms with Gasteiger partial charge in [0.05, 0.1) is 50.2 Å². The molecule has 13 heteroatoms. The molecule has 1 unspecified atom stereocenters. The molecule has 1 atom stereocenters. The molecule has 184 valence electrons. The number of phenols is 1. The minimum absolute atomic E-state index is 0.0126. The fourth-order valence-corrected chi connectivity index (χ4v) is 5.49. The summed E-state index contributed by atoms with van der Waals surface area (Å²) in [6.07, 6.45) is 2.75. The van der Waals surface area contributed by atoms with Gasteiger partial charge in [0.15, 0.2) is 17.5 Å². The lowest BCUT2D eigenvalue weighted by molar-refractivity contribution is 0.0527. The first kappa shape index (κ1) is 24.9. The molecule has 0 radical (unpaired) electrons. The average molecular weight is 571 g/mol. The summed E-state index contributed by atoms with van der Waals surface area (Å²) < 4.78 is 63.1. The Hall–Kier alpha value is -3.19. The standard InChI is InChI=1S/C22H18BrF3N4O4S/c1-3-34-22(32)18-15(8-35(33)16-5-4-13(24)19(25)20(16)26)29(2)14-6-12(23)21(31)11(17(14)18)7-30-10-27-9-28-30/h4-6,9-10,31H,3,7-8H2,1-2H3. The average Bonchev–Trinajstić information content (AvgIpc) is 3.42. The van der Waals surface area contributed by atoms with Crippen LogP contribution in [-0.4, -0.2) is 41.2 Å². The third-order valence-electron chi connectivity index (χ3n) is 5.42. The molecular weight excluding hydrogens is 553 g/mol. The van der Waals surface area contributed by atoms with Gasteiger partial charge in [-0.3, -0.25) is 4.21 Å². The van der Waals surface area contributed by atoms with Crippen molar-refractivity contribution < 1.29 is 32.0 Å². The first-order chi connectivity index (χ1) is 16.6. The highest BCUT2D eigenvalue weighted by Crippen LogP contribution is 2.40. The number of carbonyl (C=O) groups is 1. The molecule has 2 aromatic carbocycles. The summed E-state index contributed by atoms with van der Waals surface area (Å²) in [6.45, 7) is 1.69. The van der Waals surface area contributed by atoms with Gasteiger partial charge in [0.1, 0.15) is 18.4 Å². The molecule has 2 aromatic heterocycles. The van der Waals surface area contributed by atoms with Crippen LogP contribution in [-0.2, 0) is 34.9 Å². The van der Waals surface area contributed by atoms with E-state index in [1.54, 1.807) is 24.6 Å². The Bertz CT molecular complexity index is 1470. The van der Waals surface area contributed by atoms with Crippen LogP contribution in [0.5, 0.6) is 5.75 Å². The van der Waals surface area contributed by atoms with Gasteiger partial charge in [-0.1, -0.05) is 0 Å². The summed E-state index contributed by atoms with van der Waals surface area (Å²) in [5, 5.41) is 15.2. The molecule has 0 aliphatic carbocycles. The van der Waals surface area contributed by atoms with Crippen molar-refractivity contribution in [3.8, 4) is 5.75 Å². The number of esters is 1. The number of rotatable bonds is 7. The minimum atomic E-state index is -2.19. The fraction of sp³-hybridized carbons (Fsp3) is 0.227. The quantitative estimate of drug-likeness (QED) is 0.264. The number of fused-ring (bicyclic) bond motifs is 1. The highest BCUT2D eigenvalue weighted by atomic mass is 79.9. The lowest BCUT2D eigenvalue weighted by Gasteiger charge is -2.11. The van der Waals surface area contributed by atoms with Crippen molar-refractivity contribution in [3.05, 3.63) is 69.6 Å². The van der Waals surface area contributed by atoms with Crippen molar-refractivity contribution in [1.29, 1.82) is 0 Å². The molecule has 1 N–H and O–H groups in total. The summed E-state index contributed by atoms with van der Waals surface area (Å²) in [7, 11) is -0.594. The number of hydrogen-bond donors (Lipinski definition) is 1. The minimum Gasteiger partial charge on any atom is -0.506 e. The molecule has 0 saturated carbocycles. The van der Waals surface area contributed by atoms with Gasteiger partial charge < -0.3 is 14.4 Å². The number of ether oxygens (including phenoxy) is 1. The second-order valence-corrected chi connectivity index (χ2v) is 9.71. The van der Waals surface area contributed by atoms with Gasteiger partial charge in [0.25, 0.3) is 0 Å². The number of benzene rings is 2. The van der Waals surface area contributed by atoms with E-state index in [1.807, 2.05) is 0 Å². The zero-order chi connectivity index (χ0) is 25.4. The van der Waals surface area contributed by atoms with Crippen LogP contribution in [0.15, 0.2) is 40.2 Å². The molecule has 8 nitrogen and oxygen atoms in total. The van der Waals surface area contributed by atoms with E-state index in [1.165, 1.54) is 17.3 Å². The molecule has 0 aliphatic rings. The molecule has 0 spiro atoms. The van der Waals surface area contributed by atoms with Gasteiger partial charge in [0, 0.05) is 23.7 Å². The Morgan fingerprint density at radius 2 is 2.00 bits per heavy atom. The van der Waals surface area contributed by atoms with Crippen LogP contribution in [0, 0.1) is 17.5 Å². The van der Waals surface area contributed by atoms with E-state index in [-0.39, 0.29) is 30.2 Å². The van der Waals surface area contributed by atoms with Crippen molar-refractivity contribution in [3.63, 3.8) is 0 Å². The summed E-state index contributed by atoms with van der Waals surface area (Å²) >= 11 is 3.31. The van der Waals surface area contributed by atoms with Crippen LogP contribution in [0.3, 0.4) is 0 Å². The molecule has 4 rings (SSSR count).